The molecule has 2 N–H and O–H groups in total. The minimum Gasteiger partial charge on any atom is -0.480 e. The molecule has 0 aromatic rings. The summed E-state index contributed by atoms with van der Waals surface area (Å²) in [6.07, 6.45) is 2.20. The minimum atomic E-state index is -3.52. The third-order valence-electron chi connectivity index (χ3n) is 3.06. The van der Waals surface area contributed by atoms with Gasteiger partial charge in [0, 0.05) is 5.75 Å². The zero-order valence-corrected chi connectivity index (χ0v) is 14.4. The molecule has 0 aromatic carbocycles. The highest BCUT2D eigenvalue weighted by Crippen LogP contribution is 2.22. The highest BCUT2D eigenvalue weighted by Gasteiger charge is 2.38. The molecule has 10 heteroatoms. The van der Waals surface area contributed by atoms with Crippen LogP contribution in [0, 0.1) is 0 Å². The molecule has 1 fully saturated rings. The SMILES string of the molecule is CCS(=O)(=O)NC(CCSC)C(=O)N1CSCC1C(=O)O. The Morgan fingerprint density at radius 2 is 2.19 bits per heavy atom. The van der Waals surface area contributed by atoms with Gasteiger partial charge in [-0.05, 0) is 25.4 Å². The van der Waals surface area contributed by atoms with Gasteiger partial charge in [-0.15, -0.1) is 11.8 Å². The van der Waals surface area contributed by atoms with Crippen molar-refractivity contribution in [1.82, 2.24) is 9.62 Å². The van der Waals surface area contributed by atoms with Crippen molar-refractivity contribution in [3.63, 3.8) is 0 Å². The first-order valence-electron chi connectivity index (χ1n) is 6.42. The van der Waals surface area contributed by atoms with Gasteiger partial charge in [-0.25, -0.2) is 17.9 Å². The lowest BCUT2D eigenvalue weighted by Gasteiger charge is -2.26. The van der Waals surface area contributed by atoms with Crippen LogP contribution in [0.3, 0.4) is 0 Å². The number of carboxylic acid groups (broad SMARTS) is 1. The minimum absolute atomic E-state index is 0.118. The molecule has 1 heterocycles. The van der Waals surface area contributed by atoms with Crippen LogP contribution in [0.25, 0.3) is 0 Å². The third kappa shape index (κ3) is 5.35. The Morgan fingerprint density at radius 1 is 1.52 bits per heavy atom. The lowest BCUT2D eigenvalue weighted by Crippen LogP contribution is -2.52. The van der Waals surface area contributed by atoms with Gasteiger partial charge in [0.2, 0.25) is 15.9 Å². The Morgan fingerprint density at radius 3 is 2.71 bits per heavy atom. The highest BCUT2D eigenvalue weighted by molar-refractivity contribution is 7.99. The molecule has 0 bridgehead atoms. The molecule has 122 valence electrons. The van der Waals surface area contributed by atoms with Crippen LogP contribution in [-0.2, 0) is 19.6 Å². The van der Waals surface area contributed by atoms with Crippen molar-refractivity contribution in [1.29, 1.82) is 0 Å². The van der Waals surface area contributed by atoms with Crippen molar-refractivity contribution in [2.45, 2.75) is 25.4 Å². The fourth-order valence-corrected chi connectivity index (χ4v) is 4.28. The van der Waals surface area contributed by atoms with Crippen molar-refractivity contribution in [3.8, 4) is 0 Å². The third-order valence-corrected chi connectivity index (χ3v) is 6.12. The normalized spacial score (nSPS) is 20.5. The summed E-state index contributed by atoms with van der Waals surface area (Å²) in [7, 11) is -3.52. The van der Waals surface area contributed by atoms with Gasteiger partial charge in [0.25, 0.3) is 0 Å². The van der Waals surface area contributed by atoms with E-state index in [4.69, 9.17) is 5.11 Å². The number of carbonyl (C=O) groups is 2. The quantitative estimate of drug-likeness (QED) is 0.632. The van der Waals surface area contributed by atoms with Crippen LogP contribution in [0.2, 0.25) is 0 Å². The highest BCUT2D eigenvalue weighted by atomic mass is 32.2. The molecule has 1 aliphatic heterocycles. The van der Waals surface area contributed by atoms with Gasteiger partial charge in [-0.3, -0.25) is 4.79 Å². The first kappa shape index (κ1) is 18.6. The molecule has 1 amide bonds. The van der Waals surface area contributed by atoms with Gasteiger partial charge in [-0.1, -0.05) is 0 Å². The largest absolute Gasteiger partial charge is 0.480 e. The van der Waals surface area contributed by atoms with E-state index in [1.807, 2.05) is 6.26 Å². The van der Waals surface area contributed by atoms with Crippen LogP contribution in [0.5, 0.6) is 0 Å². The fourth-order valence-electron chi connectivity index (χ4n) is 1.83. The maximum Gasteiger partial charge on any atom is 0.327 e. The van der Waals surface area contributed by atoms with E-state index in [9.17, 15) is 18.0 Å². The number of aliphatic carboxylic acids is 1. The molecule has 1 saturated heterocycles. The first-order valence-corrected chi connectivity index (χ1v) is 10.6. The molecule has 0 spiro atoms. The van der Waals surface area contributed by atoms with Crippen LogP contribution >= 0.6 is 23.5 Å². The number of carbonyl (C=O) groups excluding carboxylic acids is 1. The fraction of sp³-hybridized carbons (Fsp3) is 0.818. The summed E-state index contributed by atoms with van der Waals surface area (Å²) in [4.78, 5) is 24.9. The summed E-state index contributed by atoms with van der Waals surface area (Å²) in [6.45, 7) is 1.49. The second kappa shape index (κ2) is 8.25. The lowest BCUT2D eigenvalue weighted by atomic mass is 10.2. The molecular formula is C11H20N2O5S3. The van der Waals surface area contributed by atoms with Crippen LogP contribution < -0.4 is 4.72 Å². The molecule has 2 atom stereocenters. The van der Waals surface area contributed by atoms with Crippen LogP contribution in [0.4, 0.5) is 0 Å². The van der Waals surface area contributed by atoms with E-state index in [1.54, 1.807) is 0 Å². The molecule has 1 aliphatic rings. The molecule has 7 nitrogen and oxygen atoms in total. The molecule has 0 saturated carbocycles. The number of hydrogen-bond acceptors (Lipinski definition) is 6. The number of thioether (sulfide) groups is 2. The van der Waals surface area contributed by atoms with Crippen LogP contribution in [0.1, 0.15) is 13.3 Å². The summed E-state index contributed by atoms with van der Waals surface area (Å²) < 4.78 is 25.8. The van der Waals surface area contributed by atoms with Crippen molar-refractivity contribution in [2.75, 3.05) is 29.4 Å². The van der Waals surface area contributed by atoms with Crippen molar-refractivity contribution in [3.05, 3.63) is 0 Å². The second-order valence-corrected chi connectivity index (χ2v) is 8.55. The number of hydrogen-bond donors (Lipinski definition) is 2. The molecule has 0 aromatic heterocycles. The zero-order chi connectivity index (χ0) is 16.0. The maximum atomic E-state index is 12.5. The molecule has 2 unspecified atom stereocenters. The first-order chi connectivity index (χ1) is 9.82. The predicted octanol–water partition coefficient (Wildman–Crippen LogP) is 0.0335. The second-order valence-electron chi connectivity index (χ2n) is 4.52. The standard InChI is InChI=1S/C11H20N2O5S3/c1-3-21(17,18)12-8(4-5-19-2)10(14)13-7-20-6-9(13)11(15)16/h8-9,12H,3-7H2,1-2H3,(H,15,16). The van der Waals surface area contributed by atoms with Crippen LogP contribution in [-0.4, -0.2) is 71.8 Å². The van der Waals surface area contributed by atoms with Gasteiger partial charge in [0.1, 0.15) is 12.1 Å². The molecule has 0 aliphatic carbocycles. The van der Waals surface area contributed by atoms with Gasteiger partial charge in [0.15, 0.2) is 0 Å². The van der Waals surface area contributed by atoms with E-state index in [0.29, 0.717) is 17.9 Å². The monoisotopic (exact) mass is 356 g/mol. The van der Waals surface area contributed by atoms with Crippen molar-refractivity contribution < 1.29 is 23.1 Å². The average molecular weight is 356 g/mol. The van der Waals surface area contributed by atoms with Gasteiger partial charge < -0.3 is 10.0 Å². The maximum absolute atomic E-state index is 12.5. The zero-order valence-electron chi connectivity index (χ0n) is 11.9. The summed E-state index contributed by atoms with van der Waals surface area (Å²) in [5.74, 6) is -0.418. The topological polar surface area (TPSA) is 104 Å². The van der Waals surface area contributed by atoms with Gasteiger partial charge >= 0.3 is 5.97 Å². The van der Waals surface area contributed by atoms with E-state index in [1.165, 1.54) is 35.3 Å². The van der Waals surface area contributed by atoms with E-state index < -0.39 is 34.0 Å². The van der Waals surface area contributed by atoms with E-state index in [0.717, 1.165) is 0 Å². The number of amides is 1. The van der Waals surface area contributed by atoms with Gasteiger partial charge in [0.05, 0.1) is 11.6 Å². The van der Waals surface area contributed by atoms with Crippen LogP contribution in [0.15, 0.2) is 0 Å². The van der Waals surface area contributed by atoms with E-state index in [2.05, 4.69) is 4.72 Å². The Kier molecular flexibility index (Phi) is 7.31. The summed E-state index contributed by atoms with van der Waals surface area (Å²) in [5.41, 5.74) is 0. The number of rotatable bonds is 8. The smallest absolute Gasteiger partial charge is 0.327 e. The lowest BCUT2D eigenvalue weighted by molar-refractivity contribution is -0.148. The average Bonchev–Trinajstić information content (AvgIpc) is 2.92. The van der Waals surface area contributed by atoms with Crippen molar-refractivity contribution in [2.24, 2.45) is 0 Å². The summed E-state index contributed by atoms with van der Waals surface area (Å²) in [5, 5.41) is 9.12. The number of nitrogens with zero attached hydrogens (tertiary/aromatic N) is 1. The Labute approximate surface area is 133 Å². The van der Waals surface area contributed by atoms with Crippen molar-refractivity contribution >= 4 is 45.4 Å². The Bertz CT molecular complexity index is 482. The number of nitrogens with one attached hydrogen (secondary N) is 1. The molecule has 21 heavy (non-hydrogen) atoms. The number of sulfonamides is 1. The molecule has 0 radical (unpaired) electrons. The van der Waals surface area contributed by atoms with Gasteiger partial charge in [-0.2, -0.15) is 11.8 Å². The molecular weight excluding hydrogens is 336 g/mol. The Balaban J connectivity index is 2.86. The summed E-state index contributed by atoms with van der Waals surface area (Å²) >= 11 is 2.86. The predicted molar refractivity (Wildman–Crippen MR) is 85.0 cm³/mol. The number of carboxylic acids is 1. The Hall–Kier alpha value is -0.450. The van der Waals surface area contributed by atoms with E-state index in [-0.39, 0.29) is 11.6 Å². The summed E-state index contributed by atoms with van der Waals surface area (Å²) in [6, 6.07) is -1.78. The van der Waals surface area contributed by atoms with E-state index >= 15 is 0 Å². The molecule has 1 rings (SSSR count).